The first kappa shape index (κ1) is 17.3. The maximum absolute atomic E-state index is 12.0. The molecule has 7 heteroatoms. The van der Waals surface area contributed by atoms with Crippen LogP contribution in [0.2, 0.25) is 0 Å². The number of carbonyl (C=O) groups excluding carboxylic acids is 2. The summed E-state index contributed by atoms with van der Waals surface area (Å²) in [5, 5.41) is 8.59. The Bertz CT molecular complexity index is 707. The molecule has 0 bridgehead atoms. The van der Waals surface area contributed by atoms with Crippen molar-refractivity contribution in [2.24, 2.45) is 0 Å². The molecule has 1 saturated heterocycles. The van der Waals surface area contributed by atoms with Crippen LogP contribution in [0.5, 0.6) is 11.5 Å². The van der Waals surface area contributed by atoms with E-state index in [2.05, 4.69) is 0 Å². The maximum atomic E-state index is 12.0. The van der Waals surface area contributed by atoms with Crippen molar-refractivity contribution in [2.45, 2.75) is 26.6 Å². The molecule has 0 N–H and O–H groups in total. The van der Waals surface area contributed by atoms with Crippen LogP contribution in [0, 0.1) is 11.3 Å². The second-order valence-corrected chi connectivity index (χ2v) is 5.32. The van der Waals surface area contributed by atoms with Crippen LogP contribution in [0.25, 0.3) is 6.08 Å². The van der Waals surface area contributed by atoms with Gasteiger partial charge in [-0.15, -0.1) is 0 Å². The third-order valence-electron chi connectivity index (χ3n) is 2.99. The van der Waals surface area contributed by atoms with Crippen LogP contribution >= 0.6 is 0 Å². The summed E-state index contributed by atoms with van der Waals surface area (Å²) in [5.41, 5.74) is 0.328. The number of benzene rings is 1. The minimum Gasteiger partial charge on any atom is -0.490 e. The van der Waals surface area contributed by atoms with Gasteiger partial charge in [-0.25, -0.2) is 9.59 Å². The van der Waals surface area contributed by atoms with Crippen molar-refractivity contribution < 1.29 is 28.5 Å². The summed E-state index contributed by atoms with van der Waals surface area (Å²) in [4.78, 5) is 23.9. The standard InChI is InChI=1S/C17H17NO6/c1-4-21-14-10-11(5-6-13(14)22-8-7-18)9-12-15(19)23-17(2,3)24-16(12)20/h5-6,9-10H,4,8H2,1-3H3. The lowest BCUT2D eigenvalue weighted by molar-refractivity contribution is -0.222. The zero-order chi connectivity index (χ0) is 17.7. The molecule has 0 atom stereocenters. The molecular formula is C17H17NO6. The van der Waals surface area contributed by atoms with E-state index in [4.69, 9.17) is 24.2 Å². The molecule has 0 aliphatic carbocycles. The highest BCUT2D eigenvalue weighted by Crippen LogP contribution is 2.30. The van der Waals surface area contributed by atoms with E-state index < -0.39 is 17.7 Å². The Labute approximate surface area is 139 Å². The number of rotatable bonds is 5. The molecular weight excluding hydrogens is 314 g/mol. The summed E-state index contributed by atoms with van der Waals surface area (Å²) < 4.78 is 20.8. The van der Waals surface area contributed by atoms with Gasteiger partial charge >= 0.3 is 11.9 Å². The van der Waals surface area contributed by atoms with E-state index in [0.717, 1.165) is 0 Å². The lowest BCUT2D eigenvalue weighted by Gasteiger charge is -2.29. The largest absolute Gasteiger partial charge is 0.490 e. The average molecular weight is 331 g/mol. The Balaban J connectivity index is 2.32. The zero-order valence-corrected chi connectivity index (χ0v) is 13.6. The second kappa shape index (κ2) is 7.04. The van der Waals surface area contributed by atoms with Crippen molar-refractivity contribution >= 4 is 18.0 Å². The molecule has 1 aliphatic heterocycles. The Morgan fingerprint density at radius 2 is 1.83 bits per heavy atom. The predicted octanol–water partition coefficient (Wildman–Crippen LogP) is 2.21. The molecule has 1 aliphatic rings. The molecule has 0 spiro atoms. The quantitative estimate of drug-likeness (QED) is 0.464. The Hall–Kier alpha value is -3.01. The highest BCUT2D eigenvalue weighted by molar-refractivity contribution is 6.18. The first-order chi connectivity index (χ1) is 11.4. The second-order valence-electron chi connectivity index (χ2n) is 5.32. The number of hydrogen-bond acceptors (Lipinski definition) is 7. The molecule has 1 heterocycles. The van der Waals surface area contributed by atoms with Gasteiger partial charge in [-0.3, -0.25) is 0 Å². The van der Waals surface area contributed by atoms with E-state index in [-0.39, 0.29) is 12.2 Å². The van der Waals surface area contributed by atoms with Crippen LogP contribution in [0.15, 0.2) is 23.8 Å². The molecule has 0 saturated carbocycles. The topological polar surface area (TPSA) is 94.8 Å². The SMILES string of the molecule is CCOc1cc(C=C2C(=O)OC(C)(C)OC2=O)ccc1OCC#N. The summed E-state index contributed by atoms with van der Waals surface area (Å²) in [7, 11) is 0. The van der Waals surface area contributed by atoms with Gasteiger partial charge in [0.05, 0.1) is 6.61 Å². The summed E-state index contributed by atoms with van der Waals surface area (Å²) in [5.74, 6) is -1.98. The number of hydrogen-bond donors (Lipinski definition) is 0. The fraction of sp³-hybridized carbons (Fsp3) is 0.353. The van der Waals surface area contributed by atoms with E-state index in [0.29, 0.717) is 23.7 Å². The summed E-state index contributed by atoms with van der Waals surface area (Å²) in [6.45, 7) is 5.04. The summed E-state index contributed by atoms with van der Waals surface area (Å²) >= 11 is 0. The first-order valence-electron chi connectivity index (χ1n) is 7.31. The third kappa shape index (κ3) is 4.04. The molecule has 0 radical (unpaired) electrons. The van der Waals surface area contributed by atoms with Gasteiger partial charge in [-0.05, 0) is 30.7 Å². The number of cyclic esters (lactones) is 2. The van der Waals surface area contributed by atoms with Crippen LogP contribution in [0.3, 0.4) is 0 Å². The molecule has 2 rings (SSSR count). The summed E-state index contributed by atoms with van der Waals surface area (Å²) in [6.07, 6.45) is 1.36. The monoisotopic (exact) mass is 331 g/mol. The number of nitrogens with zero attached hydrogens (tertiary/aromatic N) is 1. The van der Waals surface area contributed by atoms with Gasteiger partial charge < -0.3 is 18.9 Å². The van der Waals surface area contributed by atoms with E-state index in [1.54, 1.807) is 25.1 Å². The number of carbonyl (C=O) groups is 2. The van der Waals surface area contributed by atoms with E-state index in [9.17, 15) is 9.59 Å². The van der Waals surface area contributed by atoms with Gasteiger partial charge in [-0.2, -0.15) is 5.26 Å². The molecule has 0 aromatic heterocycles. The fourth-order valence-corrected chi connectivity index (χ4v) is 2.06. The smallest absolute Gasteiger partial charge is 0.348 e. The first-order valence-corrected chi connectivity index (χ1v) is 7.31. The molecule has 24 heavy (non-hydrogen) atoms. The van der Waals surface area contributed by atoms with Crippen LogP contribution < -0.4 is 9.47 Å². The van der Waals surface area contributed by atoms with Gasteiger partial charge in [0.2, 0.25) is 0 Å². The van der Waals surface area contributed by atoms with Crippen molar-refractivity contribution in [1.29, 1.82) is 5.26 Å². The molecule has 0 unspecified atom stereocenters. The lowest BCUT2D eigenvalue weighted by Crippen LogP contribution is -2.41. The van der Waals surface area contributed by atoms with Crippen molar-refractivity contribution in [1.82, 2.24) is 0 Å². The fourth-order valence-electron chi connectivity index (χ4n) is 2.06. The normalized spacial score (nSPS) is 15.8. The van der Waals surface area contributed by atoms with Gasteiger partial charge in [-0.1, -0.05) is 6.07 Å². The van der Waals surface area contributed by atoms with Crippen molar-refractivity contribution in [3.63, 3.8) is 0 Å². The highest BCUT2D eigenvalue weighted by atomic mass is 16.7. The number of ether oxygens (including phenoxy) is 4. The van der Waals surface area contributed by atoms with Crippen LogP contribution in [0.4, 0.5) is 0 Å². The average Bonchev–Trinajstić information content (AvgIpc) is 2.49. The molecule has 0 amide bonds. The maximum Gasteiger partial charge on any atom is 0.348 e. The Kier molecular flexibility index (Phi) is 5.09. The van der Waals surface area contributed by atoms with Gasteiger partial charge in [0.25, 0.3) is 5.79 Å². The van der Waals surface area contributed by atoms with E-state index in [1.165, 1.54) is 19.9 Å². The Morgan fingerprint density at radius 1 is 1.17 bits per heavy atom. The van der Waals surface area contributed by atoms with Gasteiger partial charge in [0, 0.05) is 13.8 Å². The third-order valence-corrected chi connectivity index (χ3v) is 2.99. The number of esters is 2. The molecule has 126 valence electrons. The minimum atomic E-state index is -1.28. The summed E-state index contributed by atoms with van der Waals surface area (Å²) in [6, 6.07) is 6.70. The molecule has 1 fully saturated rings. The van der Waals surface area contributed by atoms with E-state index >= 15 is 0 Å². The molecule has 1 aromatic carbocycles. The highest BCUT2D eigenvalue weighted by Gasteiger charge is 2.38. The molecule has 1 aromatic rings. The van der Waals surface area contributed by atoms with Crippen molar-refractivity contribution in [3.05, 3.63) is 29.3 Å². The molecule has 7 nitrogen and oxygen atoms in total. The zero-order valence-electron chi connectivity index (χ0n) is 13.6. The van der Waals surface area contributed by atoms with Gasteiger partial charge in [0.15, 0.2) is 18.1 Å². The van der Waals surface area contributed by atoms with Crippen molar-refractivity contribution in [3.8, 4) is 17.6 Å². The lowest BCUT2D eigenvalue weighted by atomic mass is 10.1. The van der Waals surface area contributed by atoms with Gasteiger partial charge in [0.1, 0.15) is 11.6 Å². The Morgan fingerprint density at radius 3 is 2.42 bits per heavy atom. The van der Waals surface area contributed by atoms with Crippen LogP contribution in [-0.4, -0.2) is 30.9 Å². The minimum absolute atomic E-state index is 0.117. The van der Waals surface area contributed by atoms with Crippen molar-refractivity contribution in [2.75, 3.05) is 13.2 Å². The van der Waals surface area contributed by atoms with Crippen LogP contribution in [0.1, 0.15) is 26.3 Å². The predicted molar refractivity (Wildman–Crippen MR) is 83.0 cm³/mol. The number of nitriles is 1. The van der Waals surface area contributed by atoms with E-state index in [1.807, 2.05) is 6.07 Å². The van der Waals surface area contributed by atoms with Crippen LogP contribution in [-0.2, 0) is 19.1 Å².